The molecular weight excluding hydrogens is 392 g/mol. The molecule has 3 heterocycles. The van der Waals surface area contributed by atoms with E-state index in [1.54, 1.807) is 28.4 Å². The maximum Gasteiger partial charge on any atom is 0.258 e. The zero-order valence-corrected chi connectivity index (χ0v) is 16.9. The summed E-state index contributed by atoms with van der Waals surface area (Å²) in [6.45, 7) is 0. The van der Waals surface area contributed by atoms with Crippen molar-refractivity contribution in [1.29, 1.82) is 0 Å². The lowest BCUT2D eigenvalue weighted by molar-refractivity contribution is 0.898. The van der Waals surface area contributed by atoms with Gasteiger partial charge in [0.05, 0.1) is 17.6 Å². The van der Waals surface area contributed by atoms with Crippen LogP contribution in [0.1, 0.15) is 5.69 Å². The Kier molecular flexibility index (Phi) is 4.91. The molecule has 0 aliphatic heterocycles. The molecule has 0 aliphatic carbocycles. The Bertz CT molecular complexity index is 1360. The van der Waals surface area contributed by atoms with E-state index < -0.39 is 0 Å². The van der Waals surface area contributed by atoms with Gasteiger partial charge < -0.3 is 0 Å². The summed E-state index contributed by atoms with van der Waals surface area (Å²) in [6.07, 6.45) is 3.63. The van der Waals surface area contributed by atoms with E-state index >= 15 is 0 Å². The molecule has 0 N–H and O–H groups in total. The molecule has 0 radical (unpaired) electrons. The lowest BCUT2D eigenvalue weighted by Crippen LogP contribution is -2.14. The van der Waals surface area contributed by atoms with Gasteiger partial charge in [0.2, 0.25) is 0 Å². The highest BCUT2D eigenvalue weighted by atomic mass is 32.2. The molecule has 6 heteroatoms. The molecule has 30 heavy (non-hydrogen) atoms. The van der Waals surface area contributed by atoms with Gasteiger partial charge >= 0.3 is 0 Å². The molecule has 0 spiro atoms. The minimum absolute atomic E-state index is 0.0763. The number of fused-ring (bicyclic) bond motifs is 1. The Labute approximate surface area is 177 Å². The third kappa shape index (κ3) is 3.53. The minimum Gasteiger partial charge on any atom is -0.287 e. The van der Waals surface area contributed by atoms with Crippen LogP contribution in [-0.2, 0) is 5.75 Å². The van der Waals surface area contributed by atoms with E-state index in [-0.39, 0.29) is 5.56 Å². The molecule has 3 aromatic heterocycles. The average molecular weight is 411 g/mol. The zero-order chi connectivity index (χ0) is 20.3. The summed E-state index contributed by atoms with van der Waals surface area (Å²) in [5.74, 6) is 0.554. The number of hydrogen-bond donors (Lipinski definition) is 0. The molecule has 146 valence electrons. The number of aromatic nitrogens is 4. The summed E-state index contributed by atoms with van der Waals surface area (Å²) in [5, 5.41) is 0.857. The van der Waals surface area contributed by atoms with E-state index in [4.69, 9.17) is 0 Å². The molecule has 5 aromatic rings. The van der Waals surface area contributed by atoms with Crippen LogP contribution in [0.15, 0.2) is 107 Å². The summed E-state index contributed by atoms with van der Waals surface area (Å²) in [6, 6.07) is 27.5. The van der Waals surface area contributed by atoms with Crippen molar-refractivity contribution in [1.82, 2.24) is 18.9 Å². The van der Waals surface area contributed by atoms with Crippen LogP contribution in [0.2, 0.25) is 0 Å². The van der Waals surface area contributed by atoms with Gasteiger partial charge in [-0.3, -0.25) is 13.8 Å². The standard InChI is InChI=1S/C24H18N4OS/c29-23-15-19(26-22-13-7-8-14-27(22)23)17-30-24-25-16-21(18-9-3-1-4-10-18)28(24)20-11-5-2-6-12-20/h1-16H,17H2. The summed E-state index contributed by atoms with van der Waals surface area (Å²) >= 11 is 1.57. The Morgan fingerprint density at radius 3 is 2.40 bits per heavy atom. The predicted molar refractivity (Wildman–Crippen MR) is 120 cm³/mol. The van der Waals surface area contributed by atoms with Crippen LogP contribution in [0, 0.1) is 0 Å². The highest BCUT2D eigenvalue weighted by Crippen LogP contribution is 2.31. The van der Waals surface area contributed by atoms with Crippen molar-refractivity contribution >= 4 is 17.4 Å². The van der Waals surface area contributed by atoms with Crippen molar-refractivity contribution in [3.63, 3.8) is 0 Å². The molecule has 0 saturated carbocycles. The van der Waals surface area contributed by atoms with E-state index in [0.29, 0.717) is 11.4 Å². The van der Waals surface area contributed by atoms with E-state index in [0.717, 1.165) is 27.8 Å². The molecule has 5 nitrogen and oxygen atoms in total. The molecule has 0 unspecified atom stereocenters. The monoisotopic (exact) mass is 410 g/mol. The van der Waals surface area contributed by atoms with Crippen LogP contribution in [-0.4, -0.2) is 18.9 Å². The minimum atomic E-state index is -0.0763. The number of rotatable bonds is 5. The van der Waals surface area contributed by atoms with E-state index in [2.05, 4.69) is 38.8 Å². The zero-order valence-electron chi connectivity index (χ0n) is 16.1. The van der Waals surface area contributed by atoms with Crippen molar-refractivity contribution in [3.05, 3.63) is 113 Å². The fourth-order valence-electron chi connectivity index (χ4n) is 3.39. The van der Waals surface area contributed by atoms with Gasteiger partial charge in [0.15, 0.2) is 5.16 Å². The third-order valence-corrected chi connectivity index (χ3v) is 5.77. The van der Waals surface area contributed by atoms with Crippen molar-refractivity contribution in [2.24, 2.45) is 0 Å². The number of benzene rings is 2. The summed E-state index contributed by atoms with van der Waals surface area (Å²) in [7, 11) is 0. The van der Waals surface area contributed by atoms with Crippen LogP contribution >= 0.6 is 11.8 Å². The second-order valence-electron chi connectivity index (χ2n) is 6.77. The molecule has 0 bridgehead atoms. The molecule has 0 amide bonds. The van der Waals surface area contributed by atoms with Crippen molar-refractivity contribution < 1.29 is 0 Å². The number of pyridine rings is 1. The van der Waals surface area contributed by atoms with Gasteiger partial charge in [0.25, 0.3) is 5.56 Å². The number of hydrogen-bond acceptors (Lipinski definition) is 4. The number of imidazole rings is 1. The van der Waals surface area contributed by atoms with Crippen LogP contribution in [0.3, 0.4) is 0 Å². The van der Waals surface area contributed by atoms with Crippen LogP contribution in [0.5, 0.6) is 0 Å². The lowest BCUT2D eigenvalue weighted by atomic mass is 10.1. The van der Waals surface area contributed by atoms with Crippen LogP contribution < -0.4 is 5.56 Å². The van der Waals surface area contributed by atoms with Gasteiger partial charge in [-0.05, 0) is 24.3 Å². The molecule has 5 rings (SSSR count). The normalized spacial score (nSPS) is 11.1. The summed E-state index contributed by atoms with van der Waals surface area (Å²) in [5.41, 5.74) is 4.48. The van der Waals surface area contributed by atoms with Gasteiger partial charge in [0.1, 0.15) is 5.65 Å². The molecule has 0 fully saturated rings. The highest BCUT2D eigenvalue weighted by Gasteiger charge is 2.14. The maximum absolute atomic E-state index is 12.4. The smallest absolute Gasteiger partial charge is 0.258 e. The van der Waals surface area contributed by atoms with Crippen molar-refractivity contribution in [2.45, 2.75) is 10.9 Å². The molecule has 0 saturated heterocycles. The quantitative estimate of drug-likeness (QED) is 0.389. The fraction of sp³-hybridized carbons (Fsp3) is 0.0417. The van der Waals surface area contributed by atoms with Gasteiger partial charge in [-0.15, -0.1) is 0 Å². The Morgan fingerprint density at radius 1 is 0.867 bits per heavy atom. The Morgan fingerprint density at radius 2 is 1.60 bits per heavy atom. The molecule has 2 aromatic carbocycles. The number of nitrogens with zero attached hydrogens (tertiary/aromatic N) is 4. The SMILES string of the molecule is O=c1cc(CSc2ncc(-c3ccccc3)n2-c2ccccc2)nc2ccccn12. The van der Waals surface area contributed by atoms with Crippen molar-refractivity contribution in [2.75, 3.05) is 0 Å². The molecule has 0 aliphatic rings. The van der Waals surface area contributed by atoms with E-state index in [9.17, 15) is 4.79 Å². The first-order chi connectivity index (χ1) is 14.8. The largest absolute Gasteiger partial charge is 0.287 e. The topological polar surface area (TPSA) is 52.2 Å². The highest BCUT2D eigenvalue weighted by molar-refractivity contribution is 7.98. The summed E-state index contributed by atoms with van der Waals surface area (Å²) < 4.78 is 3.69. The molecular formula is C24H18N4OS. The first-order valence-electron chi connectivity index (χ1n) is 9.58. The fourth-order valence-corrected chi connectivity index (χ4v) is 4.28. The summed E-state index contributed by atoms with van der Waals surface area (Å²) in [4.78, 5) is 21.7. The van der Waals surface area contributed by atoms with Gasteiger partial charge in [-0.1, -0.05) is 66.4 Å². The average Bonchev–Trinajstić information content (AvgIpc) is 3.23. The second kappa shape index (κ2) is 8.00. The second-order valence-corrected chi connectivity index (χ2v) is 7.71. The Balaban J connectivity index is 1.52. The van der Waals surface area contributed by atoms with Gasteiger partial charge in [-0.25, -0.2) is 9.97 Å². The predicted octanol–water partition coefficient (Wildman–Crippen LogP) is 4.84. The maximum atomic E-state index is 12.4. The third-order valence-electron chi connectivity index (χ3n) is 4.79. The number of para-hydroxylation sites is 1. The van der Waals surface area contributed by atoms with Gasteiger partial charge in [0, 0.05) is 29.3 Å². The van der Waals surface area contributed by atoms with E-state index in [1.165, 1.54) is 0 Å². The van der Waals surface area contributed by atoms with Gasteiger partial charge in [-0.2, -0.15) is 0 Å². The van der Waals surface area contributed by atoms with Crippen LogP contribution in [0.25, 0.3) is 22.6 Å². The van der Waals surface area contributed by atoms with Crippen molar-refractivity contribution in [3.8, 4) is 16.9 Å². The Hall–Kier alpha value is -3.64. The molecule has 0 atom stereocenters. The lowest BCUT2D eigenvalue weighted by Gasteiger charge is -2.12. The first kappa shape index (κ1) is 18.4. The first-order valence-corrected chi connectivity index (χ1v) is 10.6. The van der Waals surface area contributed by atoms with Crippen LogP contribution in [0.4, 0.5) is 0 Å². The van der Waals surface area contributed by atoms with E-state index in [1.807, 2.05) is 60.8 Å². The number of thioether (sulfide) groups is 1.